The van der Waals surface area contributed by atoms with Crippen LogP contribution in [0.2, 0.25) is 0 Å². The number of hydrogen-bond acceptors (Lipinski definition) is 3. The maximum absolute atomic E-state index is 12.2. The minimum Gasteiger partial charge on any atom is -0.324 e. The fourth-order valence-electron chi connectivity index (χ4n) is 2.54. The highest BCUT2D eigenvalue weighted by Crippen LogP contribution is 2.25. The van der Waals surface area contributed by atoms with Crippen LogP contribution in [0.3, 0.4) is 0 Å². The molecule has 6 heteroatoms. The molecule has 2 rings (SSSR count). The molecule has 1 aliphatic rings. The van der Waals surface area contributed by atoms with E-state index in [1.807, 2.05) is 13.0 Å². The molecule has 1 aromatic carbocycles. The first-order chi connectivity index (χ1) is 8.91. The Hall–Kier alpha value is -0.620. The van der Waals surface area contributed by atoms with E-state index in [0.29, 0.717) is 11.4 Å². The number of rotatable bonds is 4. The molecule has 3 N–H and O–H groups in total. The van der Waals surface area contributed by atoms with Crippen molar-refractivity contribution in [3.63, 3.8) is 0 Å². The second-order valence-electron chi connectivity index (χ2n) is 5.56. The first kappa shape index (κ1) is 17.4. The van der Waals surface area contributed by atoms with Gasteiger partial charge < -0.3 is 5.73 Å². The second-order valence-corrected chi connectivity index (χ2v) is 7.33. The molecule has 0 radical (unpaired) electrons. The summed E-state index contributed by atoms with van der Waals surface area (Å²) in [7, 11) is -3.45. The summed E-state index contributed by atoms with van der Waals surface area (Å²) < 4.78 is 27.1. The fourth-order valence-corrected chi connectivity index (χ4v) is 3.78. The lowest BCUT2D eigenvalue weighted by molar-refractivity contribution is 0.296. The van der Waals surface area contributed by atoms with Crippen molar-refractivity contribution in [1.82, 2.24) is 4.72 Å². The van der Waals surface area contributed by atoms with Gasteiger partial charge in [0.2, 0.25) is 10.0 Å². The quantitative estimate of drug-likeness (QED) is 0.895. The normalized spacial score (nSPS) is 18.3. The number of benzene rings is 1. The van der Waals surface area contributed by atoms with Gasteiger partial charge in [-0.1, -0.05) is 31.4 Å². The van der Waals surface area contributed by atoms with Crippen LogP contribution < -0.4 is 10.5 Å². The van der Waals surface area contributed by atoms with E-state index in [9.17, 15) is 8.42 Å². The number of hydrogen-bond donors (Lipinski definition) is 2. The standard InChI is InChI=1S/C14H22N2O2S.ClH/c1-12-6-5-7-13(10-12)19(17,18)16-11-14(15)8-3-2-4-9-14;/h5-7,10,16H,2-4,8-9,11,15H2,1H3;1H. The molecule has 0 atom stereocenters. The van der Waals surface area contributed by atoms with Crippen molar-refractivity contribution < 1.29 is 8.42 Å². The van der Waals surface area contributed by atoms with Gasteiger partial charge in [0.05, 0.1) is 4.90 Å². The van der Waals surface area contributed by atoms with Crippen molar-refractivity contribution in [1.29, 1.82) is 0 Å². The van der Waals surface area contributed by atoms with E-state index in [2.05, 4.69) is 4.72 Å². The molecule has 0 saturated heterocycles. The van der Waals surface area contributed by atoms with E-state index in [1.54, 1.807) is 18.2 Å². The molecule has 1 aromatic rings. The second kappa shape index (κ2) is 6.89. The van der Waals surface area contributed by atoms with Gasteiger partial charge in [-0.05, 0) is 37.5 Å². The maximum Gasteiger partial charge on any atom is 0.240 e. The summed E-state index contributed by atoms with van der Waals surface area (Å²) in [6.07, 6.45) is 5.15. The van der Waals surface area contributed by atoms with Crippen LogP contribution in [0.25, 0.3) is 0 Å². The highest BCUT2D eigenvalue weighted by Gasteiger charge is 2.29. The summed E-state index contributed by atoms with van der Waals surface area (Å²) in [5.41, 5.74) is 6.80. The van der Waals surface area contributed by atoms with Crippen LogP contribution in [0.5, 0.6) is 0 Å². The van der Waals surface area contributed by atoms with Gasteiger partial charge >= 0.3 is 0 Å². The number of aryl methyl sites for hydroxylation is 1. The predicted molar refractivity (Wildman–Crippen MR) is 83.6 cm³/mol. The third-order valence-corrected chi connectivity index (χ3v) is 5.16. The fraction of sp³-hybridized carbons (Fsp3) is 0.571. The molecule has 20 heavy (non-hydrogen) atoms. The van der Waals surface area contributed by atoms with Crippen LogP contribution in [-0.4, -0.2) is 20.5 Å². The molecule has 0 spiro atoms. The largest absolute Gasteiger partial charge is 0.324 e. The maximum atomic E-state index is 12.2. The Morgan fingerprint density at radius 3 is 2.50 bits per heavy atom. The lowest BCUT2D eigenvalue weighted by Crippen LogP contribution is -2.51. The van der Waals surface area contributed by atoms with Crippen molar-refractivity contribution in [3.8, 4) is 0 Å². The third-order valence-electron chi connectivity index (χ3n) is 3.76. The van der Waals surface area contributed by atoms with Crippen LogP contribution in [0, 0.1) is 6.92 Å². The molecule has 0 amide bonds. The number of nitrogens with one attached hydrogen (secondary N) is 1. The SMILES string of the molecule is Cc1cccc(S(=O)(=O)NCC2(N)CCCCC2)c1.Cl. The molecular formula is C14H23ClN2O2S. The monoisotopic (exact) mass is 318 g/mol. The van der Waals surface area contributed by atoms with E-state index >= 15 is 0 Å². The highest BCUT2D eigenvalue weighted by molar-refractivity contribution is 7.89. The average molecular weight is 319 g/mol. The minimum atomic E-state index is -3.45. The van der Waals surface area contributed by atoms with Crippen molar-refractivity contribution in [2.45, 2.75) is 49.5 Å². The summed E-state index contributed by atoms with van der Waals surface area (Å²) in [4.78, 5) is 0.312. The van der Waals surface area contributed by atoms with Crippen LogP contribution in [-0.2, 0) is 10.0 Å². The lowest BCUT2D eigenvalue weighted by atomic mass is 9.83. The Kier molecular flexibility index (Phi) is 6.01. The summed E-state index contributed by atoms with van der Waals surface area (Å²) in [5.74, 6) is 0. The Morgan fingerprint density at radius 1 is 1.25 bits per heavy atom. The van der Waals surface area contributed by atoms with E-state index in [1.165, 1.54) is 6.42 Å². The lowest BCUT2D eigenvalue weighted by Gasteiger charge is -2.33. The van der Waals surface area contributed by atoms with E-state index in [-0.39, 0.29) is 17.9 Å². The molecule has 0 heterocycles. The van der Waals surface area contributed by atoms with Crippen LogP contribution >= 0.6 is 12.4 Å². The van der Waals surface area contributed by atoms with Crippen molar-refractivity contribution in [3.05, 3.63) is 29.8 Å². The van der Waals surface area contributed by atoms with E-state index in [4.69, 9.17) is 5.73 Å². The highest BCUT2D eigenvalue weighted by atomic mass is 35.5. The number of nitrogens with two attached hydrogens (primary N) is 1. The topological polar surface area (TPSA) is 72.2 Å². The van der Waals surface area contributed by atoms with E-state index in [0.717, 1.165) is 31.2 Å². The summed E-state index contributed by atoms with van der Waals surface area (Å²) in [6.45, 7) is 2.20. The molecule has 4 nitrogen and oxygen atoms in total. The van der Waals surface area contributed by atoms with Gasteiger partial charge in [-0.15, -0.1) is 12.4 Å². The molecule has 0 unspecified atom stereocenters. The molecule has 0 bridgehead atoms. The zero-order valence-corrected chi connectivity index (χ0v) is 13.4. The van der Waals surface area contributed by atoms with Crippen molar-refractivity contribution in [2.24, 2.45) is 5.73 Å². The van der Waals surface area contributed by atoms with Gasteiger partial charge in [-0.3, -0.25) is 0 Å². The molecule has 0 aliphatic heterocycles. The summed E-state index contributed by atoms with van der Waals surface area (Å²) >= 11 is 0. The Morgan fingerprint density at radius 2 is 1.90 bits per heavy atom. The van der Waals surface area contributed by atoms with Gasteiger partial charge in [-0.25, -0.2) is 13.1 Å². The van der Waals surface area contributed by atoms with E-state index < -0.39 is 10.0 Å². The number of sulfonamides is 1. The molecule has 1 fully saturated rings. The van der Waals surface area contributed by atoms with Gasteiger partial charge in [0.15, 0.2) is 0 Å². The Labute approximate surface area is 127 Å². The van der Waals surface area contributed by atoms with Crippen LogP contribution in [0.4, 0.5) is 0 Å². The molecule has 0 aromatic heterocycles. The average Bonchev–Trinajstić information content (AvgIpc) is 2.38. The Balaban J connectivity index is 0.00000200. The smallest absolute Gasteiger partial charge is 0.240 e. The van der Waals surface area contributed by atoms with Gasteiger partial charge in [0.1, 0.15) is 0 Å². The first-order valence-corrected chi connectivity index (χ1v) is 8.25. The zero-order chi connectivity index (χ0) is 13.9. The van der Waals surface area contributed by atoms with Crippen LogP contribution in [0.1, 0.15) is 37.7 Å². The van der Waals surface area contributed by atoms with Gasteiger partial charge in [0, 0.05) is 12.1 Å². The molecule has 1 saturated carbocycles. The summed E-state index contributed by atoms with van der Waals surface area (Å²) in [5, 5.41) is 0. The number of halogens is 1. The third kappa shape index (κ3) is 4.45. The van der Waals surface area contributed by atoms with Gasteiger partial charge in [0.25, 0.3) is 0 Å². The van der Waals surface area contributed by atoms with Crippen molar-refractivity contribution in [2.75, 3.05) is 6.54 Å². The van der Waals surface area contributed by atoms with Crippen molar-refractivity contribution >= 4 is 22.4 Å². The first-order valence-electron chi connectivity index (χ1n) is 6.77. The zero-order valence-electron chi connectivity index (χ0n) is 11.8. The summed E-state index contributed by atoms with van der Waals surface area (Å²) in [6, 6.07) is 6.92. The van der Waals surface area contributed by atoms with Gasteiger partial charge in [-0.2, -0.15) is 0 Å². The molecule has 1 aliphatic carbocycles. The molecular weight excluding hydrogens is 296 g/mol. The van der Waals surface area contributed by atoms with Crippen LogP contribution in [0.15, 0.2) is 29.2 Å². The Bertz CT molecular complexity index is 540. The molecule has 114 valence electrons. The minimum absolute atomic E-state index is 0. The predicted octanol–water partition coefficient (Wildman–Crippen LogP) is 2.36.